The number of carbonyl (C=O) groups excluding carboxylic acids is 1. The first-order chi connectivity index (χ1) is 7.45. The fraction of sp³-hybridized carbons (Fsp3) is 0.636. The molecule has 0 aliphatic heterocycles. The highest BCUT2D eigenvalue weighted by molar-refractivity contribution is 5.70. The van der Waals surface area contributed by atoms with Gasteiger partial charge in [0.15, 0.2) is 0 Å². The van der Waals surface area contributed by atoms with Gasteiger partial charge in [-0.05, 0) is 19.4 Å². The summed E-state index contributed by atoms with van der Waals surface area (Å²) in [6, 6.07) is -0.109. The van der Waals surface area contributed by atoms with Crippen LogP contribution in [0.5, 0.6) is 0 Å². The van der Waals surface area contributed by atoms with Crippen molar-refractivity contribution in [1.29, 1.82) is 0 Å². The van der Waals surface area contributed by atoms with E-state index in [1.54, 1.807) is 4.68 Å². The summed E-state index contributed by atoms with van der Waals surface area (Å²) in [4.78, 5) is 11.3. The lowest BCUT2D eigenvalue weighted by molar-refractivity contribution is -0.141. The third-order valence-electron chi connectivity index (χ3n) is 2.70. The Morgan fingerprint density at radius 2 is 2.31 bits per heavy atom. The molecule has 1 aromatic rings. The molecule has 5 heteroatoms. The van der Waals surface area contributed by atoms with E-state index < -0.39 is 0 Å². The van der Waals surface area contributed by atoms with E-state index in [0.717, 1.165) is 11.3 Å². The molecule has 0 aliphatic rings. The van der Waals surface area contributed by atoms with Crippen molar-refractivity contribution in [3.8, 4) is 0 Å². The number of esters is 1. The second-order valence-corrected chi connectivity index (χ2v) is 4.09. The lowest BCUT2D eigenvalue weighted by Crippen LogP contribution is -2.27. The molecule has 1 rings (SSSR count). The molecule has 1 heterocycles. The molecule has 90 valence electrons. The van der Waals surface area contributed by atoms with Crippen molar-refractivity contribution in [2.75, 3.05) is 7.11 Å². The number of methoxy groups -OCH3 is 1. The standard InChI is InChI=1S/C11H19N3O2/c1-7(12)9(5-11(15)16-4)10-6-14(3)13-8(10)2/h6-7,9H,5,12H2,1-4H3. The molecule has 0 bridgehead atoms. The van der Waals surface area contributed by atoms with Gasteiger partial charge in [0.1, 0.15) is 0 Å². The first-order valence-corrected chi connectivity index (χ1v) is 5.28. The summed E-state index contributed by atoms with van der Waals surface area (Å²) in [6.45, 7) is 3.81. The van der Waals surface area contributed by atoms with Gasteiger partial charge in [0.25, 0.3) is 0 Å². The summed E-state index contributed by atoms with van der Waals surface area (Å²) in [6.07, 6.45) is 2.20. The van der Waals surface area contributed by atoms with Crippen LogP contribution in [0.25, 0.3) is 0 Å². The number of ether oxygens (including phenoxy) is 1. The molecule has 0 aromatic carbocycles. The highest BCUT2D eigenvalue weighted by Gasteiger charge is 2.23. The van der Waals surface area contributed by atoms with Crippen molar-refractivity contribution in [2.24, 2.45) is 12.8 Å². The monoisotopic (exact) mass is 225 g/mol. The summed E-state index contributed by atoms with van der Waals surface area (Å²) in [5, 5.41) is 4.26. The number of hydrogen-bond acceptors (Lipinski definition) is 4. The number of aryl methyl sites for hydroxylation is 2. The van der Waals surface area contributed by atoms with Gasteiger partial charge < -0.3 is 10.5 Å². The molecule has 16 heavy (non-hydrogen) atoms. The van der Waals surface area contributed by atoms with Gasteiger partial charge in [-0.15, -0.1) is 0 Å². The molecule has 5 nitrogen and oxygen atoms in total. The summed E-state index contributed by atoms with van der Waals surface area (Å²) in [7, 11) is 3.24. The molecule has 2 atom stereocenters. The number of hydrogen-bond donors (Lipinski definition) is 1. The Labute approximate surface area is 95.6 Å². The SMILES string of the molecule is COC(=O)CC(c1cn(C)nc1C)C(C)N. The first-order valence-electron chi connectivity index (χ1n) is 5.28. The summed E-state index contributed by atoms with van der Waals surface area (Å²) < 4.78 is 6.41. The van der Waals surface area contributed by atoms with Crippen LogP contribution < -0.4 is 5.73 Å². The van der Waals surface area contributed by atoms with Gasteiger partial charge in [-0.3, -0.25) is 9.48 Å². The summed E-state index contributed by atoms with van der Waals surface area (Å²) in [5.74, 6) is -0.285. The van der Waals surface area contributed by atoms with Crippen molar-refractivity contribution in [2.45, 2.75) is 32.2 Å². The van der Waals surface area contributed by atoms with Crippen LogP contribution in [0.1, 0.15) is 30.5 Å². The zero-order chi connectivity index (χ0) is 12.3. The molecule has 2 unspecified atom stereocenters. The van der Waals surface area contributed by atoms with E-state index in [2.05, 4.69) is 9.84 Å². The van der Waals surface area contributed by atoms with Crippen LogP contribution in [0.15, 0.2) is 6.20 Å². The largest absolute Gasteiger partial charge is 0.469 e. The topological polar surface area (TPSA) is 70.1 Å². The minimum Gasteiger partial charge on any atom is -0.469 e. The van der Waals surface area contributed by atoms with Crippen molar-refractivity contribution in [3.05, 3.63) is 17.5 Å². The van der Waals surface area contributed by atoms with Gasteiger partial charge in [-0.1, -0.05) is 0 Å². The van der Waals surface area contributed by atoms with Gasteiger partial charge in [0, 0.05) is 25.2 Å². The zero-order valence-electron chi connectivity index (χ0n) is 10.2. The Balaban J connectivity index is 2.94. The van der Waals surface area contributed by atoms with Gasteiger partial charge in [-0.2, -0.15) is 5.10 Å². The Bertz CT molecular complexity index is 371. The lowest BCUT2D eigenvalue weighted by atomic mass is 9.90. The van der Waals surface area contributed by atoms with Crippen LogP contribution in [0.3, 0.4) is 0 Å². The first kappa shape index (κ1) is 12.7. The van der Waals surface area contributed by atoms with Crippen LogP contribution in [-0.4, -0.2) is 28.9 Å². The number of aromatic nitrogens is 2. The molecule has 0 aliphatic carbocycles. The maximum absolute atomic E-state index is 11.3. The van der Waals surface area contributed by atoms with Crippen molar-refractivity contribution < 1.29 is 9.53 Å². The number of rotatable bonds is 4. The normalized spacial score (nSPS) is 14.6. The maximum Gasteiger partial charge on any atom is 0.306 e. The fourth-order valence-corrected chi connectivity index (χ4v) is 1.82. The van der Waals surface area contributed by atoms with Gasteiger partial charge in [0.2, 0.25) is 0 Å². The second kappa shape index (κ2) is 5.12. The van der Waals surface area contributed by atoms with Crippen molar-refractivity contribution in [1.82, 2.24) is 9.78 Å². The summed E-state index contributed by atoms with van der Waals surface area (Å²) >= 11 is 0. The average Bonchev–Trinajstić information content (AvgIpc) is 2.53. The summed E-state index contributed by atoms with van der Waals surface area (Å²) in [5.41, 5.74) is 7.83. The van der Waals surface area contributed by atoms with Gasteiger partial charge >= 0.3 is 5.97 Å². The minimum absolute atomic E-state index is 0.0406. The minimum atomic E-state index is -0.245. The number of nitrogens with zero attached hydrogens (tertiary/aromatic N) is 2. The molecular weight excluding hydrogens is 206 g/mol. The molecule has 0 saturated heterocycles. The average molecular weight is 225 g/mol. The quantitative estimate of drug-likeness (QED) is 0.767. The van der Waals surface area contributed by atoms with Crippen LogP contribution in [-0.2, 0) is 16.6 Å². The van der Waals surface area contributed by atoms with E-state index in [1.165, 1.54) is 7.11 Å². The Kier molecular flexibility index (Phi) is 4.06. The van der Waals surface area contributed by atoms with Crippen molar-refractivity contribution in [3.63, 3.8) is 0 Å². The Morgan fingerprint density at radius 3 is 2.69 bits per heavy atom. The van der Waals surface area contributed by atoms with E-state index in [-0.39, 0.29) is 17.9 Å². The lowest BCUT2D eigenvalue weighted by Gasteiger charge is -2.18. The van der Waals surface area contributed by atoms with Crippen LogP contribution >= 0.6 is 0 Å². The second-order valence-electron chi connectivity index (χ2n) is 4.09. The molecular formula is C11H19N3O2. The molecule has 0 saturated carbocycles. The third-order valence-corrected chi connectivity index (χ3v) is 2.70. The predicted octanol–water partition coefficient (Wildman–Crippen LogP) is 0.722. The van der Waals surface area contributed by atoms with E-state index in [9.17, 15) is 4.79 Å². The van der Waals surface area contributed by atoms with Gasteiger partial charge in [-0.25, -0.2) is 0 Å². The van der Waals surface area contributed by atoms with Crippen molar-refractivity contribution >= 4 is 5.97 Å². The predicted molar refractivity (Wildman–Crippen MR) is 61.0 cm³/mol. The third kappa shape index (κ3) is 2.82. The van der Waals surface area contributed by atoms with Gasteiger partial charge in [0.05, 0.1) is 19.2 Å². The van der Waals surface area contributed by atoms with E-state index in [1.807, 2.05) is 27.1 Å². The highest BCUT2D eigenvalue weighted by Crippen LogP contribution is 2.25. The van der Waals surface area contributed by atoms with Crippen LogP contribution in [0, 0.1) is 6.92 Å². The molecule has 0 fully saturated rings. The van der Waals surface area contributed by atoms with E-state index in [0.29, 0.717) is 6.42 Å². The number of nitrogens with two attached hydrogens (primary N) is 1. The highest BCUT2D eigenvalue weighted by atomic mass is 16.5. The van der Waals surface area contributed by atoms with E-state index in [4.69, 9.17) is 5.73 Å². The fourth-order valence-electron chi connectivity index (χ4n) is 1.82. The number of carbonyl (C=O) groups is 1. The molecule has 1 aromatic heterocycles. The molecule has 0 radical (unpaired) electrons. The van der Waals surface area contributed by atoms with Crippen LogP contribution in [0.4, 0.5) is 0 Å². The molecule has 0 spiro atoms. The van der Waals surface area contributed by atoms with Crippen LogP contribution in [0.2, 0.25) is 0 Å². The Morgan fingerprint density at radius 1 is 1.69 bits per heavy atom. The van der Waals surface area contributed by atoms with E-state index >= 15 is 0 Å². The Hall–Kier alpha value is -1.36. The zero-order valence-corrected chi connectivity index (χ0v) is 10.2. The molecule has 0 amide bonds. The maximum atomic E-state index is 11.3. The smallest absolute Gasteiger partial charge is 0.306 e. The molecule has 2 N–H and O–H groups in total.